The second-order valence-electron chi connectivity index (χ2n) is 3.30. The molecule has 12 heteroatoms. The van der Waals surface area contributed by atoms with Crippen LogP contribution in [0, 0.1) is 0 Å². The van der Waals surface area contributed by atoms with E-state index in [4.69, 9.17) is 30.4 Å². The quantitative estimate of drug-likeness (QED) is 0.274. The van der Waals surface area contributed by atoms with Crippen molar-refractivity contribution in [1.29, 1.82) is 0 Å². The number of aliphatic hydroxyl groups excluding tert-OH is 1. The number of hydrogen-bond acceptors (Lipinski definition) is 5. The maximum absolute atomic E-state index is 10.9. The van der Waals surface area contributed by atoms with Crippen molar-refractivity contribution in [2.75, 3.05) is 19.2 Å². The summed E-state index contributed by atoms with van der Waals surface area (Å²) in [7, 11) is -9.30. The van der Waals surface area contributed by atoms with Gasteiger partial charge in [-0.3, -0.25) is 18.8 Å². The fourth-order valence-electron chi connectivity index (χ4n) is 1.10. The minimum absolute atomic E-state index is 0.462. The van der Waals surface area contributed by atoms with Gasteiger partial charge in [0.25, 0.3) is 0 Å². The first kappa shape index (κ1) is 16.7. The van der Waals surface area contributed by atoms with Crippen molar-refractivity contribution in [1.82, 2.24) is 4.90 Å². The molecule has 0 rings (SSSR count). The van der Waals surface area contributed by atoms with Crippen molar-refractivity contribution in [2.24, 2.45) is 5.73 Å². The van der Waals surface area contributed by atoms with Gasteiger partial charge in [-0.2, -0.15) is 0 Å². The predicted octanol–water partition coefficient (Wildman–Crippen LogP) is -2.59. The first-order valence-corrected chi connectivity index (χ1v) is 7.79. The van der Waals surface area contributed by atoms with Crippen LogP contribution >= 0.6 is 15.2 Å². The number of aliphatic hydroxyl groups is 1. The molecule has 1 amide bonds. The molecule has 0 aliphatic heterocycles. The highest BCUT2D eigenvalue weighted by atomic mass is 31.2. The minimum atomic E-state index is -4.65. The van der Waals surface area contributed by atoms with E-state index < -0.39 is 46.3 Å². The van der Waals surface area contributed by atoms with Gasteiger partial charge in [0, 0.05) is 0 Å². The summed E-state index contributed by atoms with van der Waals surface area (Å²) in [6, 6.07) is -1.57. The van der Waals surface area contributed by atoms with E-state index in [1.807, 2.05) is 0 Å². The van der Waals surface area contributed by atoms with Crippen LogP contribution in [0.15, 0.2) is 0 Å². The Bertz CT molecular complexity index is 337. The fraction of sp³-hybridized carbons (Fsp3) is 0.800. The molecule has 0 heterocycles. The largest absolute Gasteiger partial charge is 0.394 e. The second kappa shape index (κ2) is 6.03. The molecule has 0 aromatic carbocycles. The van der Waals surface area contributed by atoms with Gasteiger partial charge in [0.15, 0.2) is 0 Å². The van der Waals surface area contributed by atoms with E-state index in [1.165, 1.54) is 0 Å². The van der Waals surface area contributed by atoms with Crippen molar-refractivity contribution in [3.05, 3.63) is 0 Å². The van der Waals surface area contributed by atoms with E-state index in [0.717, 1.165) is 0 Å². The van der Waals surface area contributed by atoms with E-state index >= 15 is 0 Å². The lowest BCUT2D eigenvalue weighted by Gasteiger charge is -2.28. The summed E-state index contributed by atoms with van der Waals surface area (Å²) in [5.41, 5.74) is 4.84. The van der Waals surface area contributed by atoms with E-state index in [9.17, 15) is 13.9 Å². The monoisotopic (exact) mass is 292 g/mol. The van der Waals surface area contributed by atoms with Gasteiger partial charge in [0.05, 0.1) is 6.61 Å². The number of primary amides is 1. The molecule has 0 bridgehead atoms. The van der Waals surface area contributed by atoms with Gasteiger partial charge < -0.3 is 30.4 Å². The van der Waals surface area contributed by atoms with E-state index in [0.29, 0.717) is 4.90 Å². The third-order valence-corrected chi connectivity index (χ3v) is 3.14. The summed E-state index contributed by atoms with van der Waals surface area (Å²) < 4.78 is 21.5. The molecule has 0 unspecified atom stereocenters. The van der Waals surface area contributed by atoms with E-state index in [1.54, 1.807) is 0 Å². The Kier molecular flexibility index (Phi) is 5.92. The van der Waals surface area contributed by atoms with Crippen LogP contribution < -0.4 is 5.73 Å². The number of nitrogens with zero attached hydrogens (tertiary/aromatic N) is 1. The van der Waals surface area contributed by atoms with Gasteiger partial charge in [-0.05, 0) is 0 Å². The first-order chi connectivity index (χ1) is 7.46. The summed E-state index contributed by atoms with van der Waals surface area (Å²) >= 11 is 0. The number of carbonyl (C=O) groups is 1. The predicted molar refractivity (Wildman–Crippen MR) is 55.7 cm³/mol. The molecule has 7 N–H and O–H groups in total. The number of carbonyl (C=O) groups excluding carboxylic acids is 1. The Morgan fingerprint density at radius 2 is 1.47 bits per heavy atom. The lowest BCUT2D eigenvalue weighted by atomic mass is 10.3. The first-order valence-electron chi connectivity index (χ1n) is 4.19. The summed E-state index contributed by atoms with van der Waals surface area (Å²) in [6.07, 6.45) is -2.18. The Morgan fingerprint density at radius 1 is 1.12 bits per heavy atom. The SMILES string of the molecule is NC(=O)[C@H](CO)N(CP(=O)(O)O)CP(=O)(O)O. The molecular weight excluding hydrogens is 278 g/mol. The highest BCUT2D eigenvalue weighted by Crippen LogP contribution is 2.41. The highest BCUT2D eigenvalue weighted by Gasteiger charge is 2.33. The maximum Gasteiger partial charge on any atom is 0.339 e. The normalized spacial score (nSPS) is 14.9. The van der Waals surface area contributed by atoms with Crippen LogP contribution in [0.1, 0.15) is 0 Å². The molecule has 0 aromatic heterocycles. The standard InChI is InChI=1S/C5H14N2O8P2/c6-5(9)4(1-8)7(2-16(10,11)12)3-17(13,14)15/h4,8H,1-3H2,(H2,6,9)(H2,10,11,12)(H2,13,14,15)/t4-/m0/s1. The van der Waals surface area contributed by atoms with Crippen molar-refractivity contribution < 1.29 is 38.6 Å². The molecule has 0 aromatic rings. The molecule has 1 atom stereocenters. The van der Waals surface area contributed by atoms with Crippen LogP contribution in [0.5, 0.6) is 0 Å². The average Bonchev–Trinajstić information content (AvgIpc) is 1.96. The highest BCUT2D eigenvalue weighted by molar-refractivity contribution is 7.52. The van der Waals surface area contributed by atoms with Crippen LogP contribution in [0.3, 0.4) is 0 Å². The molecule has 102 valence electrons. The molecule has 17 heavy (non-hydrogen) atoms. The summed E-state index contributed by atoms with van der Waals surface area (Å²) in [5.74, 6) is -1.14. The Labute approximate surface area is 96.4 Å². The number of amides is 1. The molecule has 0 saturated carbocycles. The molecule has 0 spiro atoms. The Morgan fingerprint density at radius 3 is 1.65 bits per heavy atom. The van der Waals surface area contributed by atoms with Gasteiger partial charge in [-0.15, -0.1) is 0 Å². The van der Waals surface area contributed by atoms with Crippen molar-refractivity contribution in [3.8, 4) is 0 Å². The third kappa shape index (κ3) is 7.58. The third-order valence-electron chi connectivity index (χ3n) is 1.67. The Hall–Kier alpha value is -0.310. The zero-order chi connectivity index (χ0) is 13.9. The zero-order valence-corrected chi connectivity index (χ0v) is 10.4. The molecule has 10 nitrogen and oxygen atoms in total. The van der Waals surface area contributed by atoms with Crippen LogP contribution in [-0.2, 0) is 13.9 Å². The molecule has 0 aliphatic carbocycles. The topological polar surface area (TPSA) is 182 Å². The van der Waals surface area contributed by atoms with Crippen LogP contribution in [-0.4, -0.2) is 60.7 Å². The van der Waals surface area contributed by atoms with Crippen molar-refractivity contribution in [3.63, 3.8) is 0 Å². The summed E-state index contributed by atoms with van der Waals surface area (Å²) in [4.78, 5) is 46.1. The van der Waals surface area contributed by atoms with Crippen LogP contribution in [0.25, 0.3) is 0 Å². The van der Waals surface area contributed by atoms with Gasteiger partial charge in [0.2, 0.25) is 5.91 Å². The lowest BCUT2D eigenvalue weighted by Crippen LogP contribution is -2.47. The number of hydrogen-bond donors (Lipinski definition) is 6. The van der Waals surface area contributed by atoms with Gasteiger partial charge in [-0.25, -0.2) is 0 Å². The Balaban J connectivity index is 5.02. The molecular formula is C5H14N2O8P2. The van der Waals surface area contributed by atoms with Crippen LogP contribution in [0.4, 0.5) is 0 Å². The lowest BCUT2D eigenvalue weighted by molar-refractivity contribution is -0.123. The molecule has 0 aliphatic rings. The minimum Gasteiger partial charge on any atom is -0.394 e. The number of rotatable bonds is 7. The van der Waals surface area contributed by atoms with E-state index in [2.05, 4.69) is 0 Å². The number of nitrogens with two attached hydrogens (primary N) is 1. The summed E-state index contributed by atoms with van der Waals surface area (Å²) in [5, 5.41) is 8.81. The fourth-order valence-corrected chi connectivity index (χ4v) is 2.80. The van der Waals surface area contributed by atoms with E-state index in [-0.39, 0.29) is 0 Å². The smallest absolute Gasteiger partial charge is 0.339 e. The summed E-state index contributed by atoms with van der Waals surface area (Å²) in [6.45, 7) is -0.907. The van der Waals surface area contributed by atoms with Crippen molar-refractivity contribution in [2.45, 2.75) is 6.04 Å². The average molecular weight is 292 g/mol. The van der Waals surface area contributed by atoms with Gasteiger partial charge >= 0.3 is 15.2 Å². The van der Waals surface area contributed by atoms with Gasteiger partial charge in [-0.1, -0.05) is 0 Å². The van der Waals surface area contributed by atoms with Crippen molar-refractivity contribution >= 4 is 21.1 Å². The van der Waals surface area contributed by atoms with Gasteiger partial charge in [0.1, 0.15) is 18.6 Å². The maximum atomic E-state index is 10.9. The molecule has 0 saturated heterocycles. The molecule has 0 radical (unpaired) electrons. The zero-order valence-electron chi connectivity index (χ0n) is 8.58. The molecule has 0 fully saturated rings. The second-order valence-corrected chi connectivity index (χ2v) is 6.53. The van der Waals surface area contributed by atoms with Crippen LogP contribution in [0.2, 0.25) is 0 Å².